The third-order valence-electron chi connectivity index (χ3n) is 4.17. The summed E-state index contributed by atoms with van der Waals surface area (Å²) in [5.74, 6) is -1.13. The van der Waals surface area contributed by atoms with Gasteiger partial charge in [0, 0.05) is 17.2 Å². The van der Waals surface area contributed by atoms with Gasteiger partial charge < -0.3 is 4.42 Å². The maximum Gasteiger partial charge on any atom is 0.239 e. The summed E-state index contributed by atoms with van der Waals surface area (Å²) in [4.78, 5) is 25.1. The lowest BCUT2D eigenvalue weighted by Crippen LogP contribution is -2.18. The molecule has 2 aromatic carbocycles. The predicted octanol–water partition coefficient (Wildman–Crippen LogP) is 3.20. The topological polar surface area (TPSA) is 81.4 Å². The fraction of sp³-hybridized carbons (Fsp3) is 0.0526. The normalized spacial score (nSPS) is 13.5. The zero-order chi connectivity index (χ0) is 17.8. The molecule has 1 heterocycles. The lowest BCUT2D eigenvalue weighted by molar-refractivity contribution is 0.0957. The third kappa shape index (κ3) is 2.26. The summed E-state index contributed by atoms with van der Waals surface area (Å²) in [5.41, 5.74) is 1.36. The standard InChI is InChI=1S/C19H12O5S/c1-11-6-8-12(9-7-11)25(22,23)16-10-15-17(20)13-4-2-3-5-14(13)18(21)19(15)24-16/h2-10H,1H3. The van der Waals surface area contributed by atoms with E-state index in [2.05, 4.69) is 0 Å². The minimum absolute atomic E-state index is 0.0191. The predicted molar refractivity (Wildman–Crippen MR) is 88.6 cm³/mol. The van der Waals surface area contributed by atoms with Crippen LogP contribution in [0, 0.1) is 6.92 Å². The molecule has 0 radical (unpaired) electrons. The number of carbonyl (C=O) groups excluding carboxylic acids is 2. The van der Waals surface area contributed by atoms with E-state index in [9.17, 15) is 18.0 Å². The number of sulfone groups is 1. The highest BCUT2D eigenvalue weighted by Gasteiger charge is 2.36. The van der Waals surface area contributed by atoms with Crippen LogP contribution in [0.25, 0.3) is 0 Å². The first-order valence-electron chi connectivity index (χ1n) is 7.53. The number of hydrogen-bond donors (Lipinski definition) is 0. The molecule has 0 spiro atoms. The van der Waals surface area contributed by atoms with Crippen molar-refractivity contribution in [1.82, 2.24) is 0 Å². The summed E-state index contributed by atoms with van der Waals surface area (Å²) in [5, 5.41) is -0.407. The van der Waals surface area contributed by atoms with Crippen LogP contribution in [0.1, 0.15) is 37.6 Å². The van der Waals surface area contributed by atoms with Gasteiger partial charge in [-0.1, -0.05) is 42.0 Å². The van der Waals surface area contributed by atoms with Gasteiger partial charge in [-0.15, -0.1) is 0 Å². The highest BCUT2D eigenvalue weighted by Crippen LogP contribution is 2.33. The van der Waals surface area contributed by atoms with Crippen LogP contribution in [0.3, 0.4) is 0 Å². The molecule has 0 atom stereocenters. The maximum atomic E-state index is 12.7. The van der Waals surface area contributed by atoms with Crippen molar-refractivity contribution in [3.8, 4) is 0 Å². The highest BCUT2D eigenvalue weighted by molar-refractivity contribution is 7.91. The molecule has 0 bridgehead atoms. The maximum absolute atomic E-state index is 12.7. The third-order valence-corrected chi connectivity index (χ3v) is 5.80. The Hall–Kier alpha value is -2.99. The minimum Gasteiger partial charge on any atom is -0.440 e. The Labute approximate surface area is 143 Å². The summed E-state index contributed by atoms with van der Waals surface area (Å²) in [6.45, 7) is 1.84. The van der Waals surface area contributed by atoms with Gasteiger partial charge in [0.2, 0.25) is 20.7 Å². The molecule has 1 aliphatic carbocycles. The van der Waals surface area contributed by atoms with E-state index >= 15 is 0 Å². The summed E-state index contributed by atoms with van der Waals surface area (Å²) in [6.07, 6.45) is 0. The Morgan fingerprint density at radius 3 is 2.04 bits per heavy atom. The van der Waals surface area contributed by atoms with Gasteiger partial charge in [-0.2, -0.15) is 0 Å². The molecule has 1 aliphatic rings. The Kier molecular flexibility index (Phi) is 3.27. The molecule has 0 amide bonds. The van der Waals surface area contributed by atoms with E-state index in [0.717, 1.165) is 11.6 Å². The number of fused-ring (bicyclic) bond motifs is 2. The molecule has 0 saturated heterocycles. The van der Waals surface area contributed by atoms with Crippen molar-refractivity contribution in [3.63, 3.8) is 0 Å². The van der Waals surface area contributed by atoms with E-state index in [4.69, 9.17) is 4.42 Å². The molecule has 1 aromatic heterocycles. The monoisotopic (exact) mass is 352 g/mol. The SMILES string of the molecule is Cc1ccc(S(=O)(=O)c2cc3c(o2)C(=O)c2ccccc2C3=O)cc1. The first-order chi connectivity index (χ1) is 11.9. The summed E-state index contributed by atoms with van der Waals surface area (Å²) in [6, 6.07) is 13.8. The average Bonchev–Trinajstić information content (AvgIpc) is 3.07. The van der Waals surface area contributed by atoms with Crippen molar-refractivity contribution in [2.75, 3.05) is 0 Å². The second-order valence-electron chi connectivity index (χ2n) is 5.83. The fourth-order valence-corrected chi connectivity index (χ4v) is 4.01. The molecule has 6 heteroatoms. The average molecular weight is 352 g/mol. The van der Waals surface area contributed by atoms with E-state index in [1.165, 1.54) is 18.2 Å². The number of ketones is 2. The van der Waals surface area contributed by atoms with E-state index in [1.54, 1.807) is 30.3 Å². The second-order valence-corrected chi connectivity index (χ2v) is 7.71. The molecule has 0 fully saturated rings. The summed E-state index contributed by atoms with van der Waals surface area (Å²) < 4.78 is 30.8. The first kappa shape index (κ1) is 15.5. The van der Waals surface area contributed by atoms with Crippen molar-refractivity contribution >= 4 is 21.4 Å². The van der Waals surface area contributed by atoms with E-state index < -0.39 is 26.5 Å². The van der Waals surface area contributed by atoms with Crippen LogP contribution >= 0.6 is 0 Å². The summed E-state index contributed by atoms with van der Waals surface area (Å²) >= 11 is 0. The molecule has 124 valence electrons. The van der Waals surface area contributed by atoms with Gasteiger partial charge in [-0.25, -0.2) is 8.42 Å². The van der Waals surface area contributed by atoms with Gasteiger partial charge in [-0.3, -0.25) is 9.59 Å². The molecule has 5 nitrogen and oxygen atoms in total. The minimum atomic E-state index is -3.96. The van der Waals surface area contributed by atoms with Crippen LogP contribution in [-0.4, -0.2) is 20.0 Å². The zero-order valence-electron chi connectivity index (χ0n) is 13.1. The van der Waals surface area contributed by atoms with Gasteiger partial charge in [-0.05, 0) is 19.1 Å². The van der Waals surface area contributed by atoms with Gasteiger partial charge in [0.25, 0.3) is 0 Å². The van der Waals surface area contributed by atoms with Crippen LogP contribution in [-0.2, 0) is 9.84 Å². The van der Waals surface area contributed by atoms with Crippen LogP contribution < -0.4 is 0 Å². The van der Waals surface area contributed by atoms with Crippen molar-refractivity contribution in [1.29, 1.82) is 0 Å². The molecule has 0 unspecified atom stereocenters. The highest BCUT2D eigenvalue weighted by atomic mass is 32.2. The molecule has 0 saturated carbocycles. The molecule has 0 N–H and O–H groups in total. The lowest BCUT2D eigenvalue weighted by Gasteiger charge is -2.11. The van der Waals surface area contributed by atoms with Crippen LogP contribution in [0.2, 0.25) is 0 Å². The van der Waals surface area contributed by atoms with Gasteiger partial charge >= 0.3 is 0 Å². The number of aryl methyl sites for hydroxylation is 1. The number of rotatable bonds is 2. The Bertz CT molecular complexity index is 1080. The molecule has 4 rings (SSSR count). The van der Waals surface area contributed by atoms with Crippen molar-refractivity contribution in [2.24, 2.45) is 0 Å². The van der Waals surface area contributed by atoms with Crippen LogP contribution in [0.15, 0.2) is 69.0 Å². The van der Waals surface area contributed by atoms with Gasteiger partial charge in [0.05, 0.1) is 10.5 Å². The largest absolute Gasteiger partial charge is 0.440 e. The molecular formula is C19H12O5S. The molecule has 25 heavy (non-hydrogen) atoms. The van der Waals surface area contributed by atoms with Gasteiger partial charge in [0.1, 0.15) is 0 Å². The number of carbonyl (C=O) groups is 2. The first-order valence-corrected chi connectivity index (χ1v) is 9.02. The smallest absolute Gasteiger partial charge is 0.239 e. The van der Waals surface area contributed by atoms with Crippen molar-refractivity contribution in [2.45, 2.75) is 16.9 Å². The fourth-order valence-electron chi connectivity index (χ4n) is 2.82. The van der Waals surface area contributed by atoms with E-state index in [-0.39, 0.29) is 27.3 Å². The Balaban J connectivity index is 1.87. The Morgan fingerprint density at radius 1 is 0.800 bits per heavy atom. The quantitative estimate of drug-likeness (QED) is 0.553. The van der Waals surface area contributed by atoms with Crippen LogP contribution in [0.5, 0.6) is 0 Å². The van der Waals surface area contributed by atoms with Crippen molar-refractivity contribution < 1.29 is 22.4 Å². The van der Waals surface area contributed by atoms with Crippen molar-refractivity contribution in [3.05, 3.63) is 82.6 Å². The Morgan fingerprint density at radius 2 is 1.40 bits per heavy atom. The summed E-state index contributed by atoms with van der Waals surface area (Å²) in [7, 11) is -3.96. The molecule has 3 aromatic rings. The van der Waals surface area contributed by atoms with Crippen LogP contribution in [0.4, 0.5) is 0 Å². The molecule has 0 aliphatic heterocycles. The zero-order valence-corrected chi connectivity index (χ0v) is 14.0. The molecular weight excluding hydrogens is 340 g/mol. The number of furan rings is 1. The lowest BCUT2D eigenvalue weighted by atomic mass is 9.89. The van der Waals surface area contributed by atoms with E-state index in [0.29, 0.717) is 0 Å². The van der Waals surface area contributed by atoms with Gasteiger partial charge in [0.15, 0.2) is 11.5 Å². The second kappa shape index (κ2) is 5.26. The number of benzene rings is 2. The van der Waals surface area contributed by atoms with E-state index in [1.807, 2.05) is 6.92 Å². The number of hydrogen-bond acceptors (Lipinski definition) is 5.